The molecular weight excluding hydrogens is 272 g/mol. The van der Waals surface area contributed by atoms with Crippen molar-refractivity contribution in [1.29, 1.82) is 0 Å². The Labute approximate surface area is 124 Å². The van der Waals surface area contributed by atoms with Crippen LogP contribution in [0.3, 0.4) is 0 Å². The number of rotatable bonds is 3. The fourth-order valence-electron chi connectivity index (χ4n) is 2.99. The van der Waals surface area contributed by atoms with Crippen LogP contribution in [0.5, 0.6) is 0 Å². The van der Waals surface area contributed by atoms with E-state index in [9.17, 15) is 14.4 Å². The van der Waals surface area contributed by atoms with Gasteiger partial charge in [0.15, 0.2) is 0 Å². The molecule has 0 aromatic heterocycles. The van der Waals surface area contributed by atoms with Gasteiger partial charge in [-0.15, -0.1) is 0 Å². The van der Waals surface area contributed by atoms with Gasteiger partial charge in [-0.3, -0.25) is 14.9 Å². The van der Waals surface area contributed by atoms with Crippen molar-refractivity contribution in [2.75, 3.05) is 19.6 Å². The minimum atomic E-state index is -0.992. The molecule has 2 aliphatic heterocycles. The molecule has 0 aromatic rings. The number of nitrogens with zero attached hydrogens (tertiary/aromatic N) is 2. The van der Waals surface area contributed by atoms with E-state index < -0.39 is 11.6 Å². The molecule has 0 radical (unpaired) electrons. The molecule has 2 unspecified atom stereocenters. The van der Waals surface area contributed by atoms with Gasteiger partial charge in [-0.25, -0.2) is 4.79 Å². The summed E-state index contributed by atoms with van der Waals surface area (Å²) in [6, 6.07) is -0.487. The van der Waals surface area contributed by atoms with E-state index >= 15 is 0 Å². The summed E-state index contributed by atoms with van der Waals surface area (Å²) >= 11 is 0. The van der Waals surface area contributed by atoms with Crippen LogP contribution in [-0.2, 0) is 9.59 Å². The molecule has 7 heteroatoms. The molecule has 0 aromatic carbocycles. The van der Waals surface area contributed by atoms with Crippen LogP contribution in [0, 0.1) is 5.92 Å². The van der Waals surface area contributed by atoms with Crippen LogP contribution in [-0.4, -0.2) is 58.9 Å². The molecule has 7 nitrogen and oxygen atoms in total. The number of hydrogen-bond acceptors (Lipinski definition) is 4. The monoisotopic (exact) mass is 296 g/mol. The maximum atomic E-state index is 12.5. The Bertz CT molecular complexity index is 463. The predicted molar refractivity (Wildman–Crippen MR) is 77.3 cm³/mol. The molecule has 0 aliphatic carbocycles. The number of piperidine rings is 1. The van der Waals surface area contributed by atoms with E-state index in [0.29, 0.717) is 19.0 Å². The molecular formula is C14H24N4O3. The largest absolute Gasteiger partial charge is 0.337 e. The Hall–Kier alpha value is -1.63. The van der Waals surface area contributed by atoms with Gasteiger partial charge in [0.2, 0.25) is 5.91 Å². The number of urea groups is 1. The van der Waals surface area contributed by atoms with Gasteiger partial charge in [0.05, 0.1) is 0 Å². The maximum Gasteiger partial charge on any atom is 0.325 e. The van der Waals surface area contributed by atoms with Crippen molar-refractivity contribution < 1.29 is 14.4 Å². The molecule has 2 fully saturated rings. The third-order valence-corrected chi connectivity index (χ3v) is 4.56. The van der Waals surface area contributed by atoms with E-state index in [1.807, 2.05) is 0 Å². The number of hydrogen-bond donors (Lipinski definition) is 2. The molecule has 4 amide bonds. The van der Waals surface area contributed by atoms with Gasteiger partial charge < -0.3 is 15.5 Å². The van der Waals surface area contributed by atoms with Gasteiger partial charge in [-0.2, -0.15) is 0 Å². The van der Waals surface area contributed by atoms with Crippen molar-refractivity contribution in [2.45, 2.75) is 45.2 Å². The van der Waals surface area contributed by atoms with Gasteiger partial charge in [-0.1, -0.05) is 6.92 Å². The third-order valence-electron chi connectivity index (χ3n) is 4.56. The van der Waals surface area contributed by atoms with E-state index in [0.717, 1.165) is 12.8 Å². The Morgan fingerprint density at radius 3 is 2.62 bits per heavy atom. The van der Waals surface area contributed by atoms with Gasteiger partial charge in [0, 0.05) is 19.1 Å². The Balaban J connectivity index is 2.07. The van der Waals surface area contributed by atoms with Crippen molar-refractivity contribution in [3.63, 3.8) is 0 Å². The highest BCUT2D eigenvalue weighted by molar-refractivity contribution is 6.07. The standard InChI is InChI=1S/C14H24N4O3/c1-9-4-5-17(10(6-9)7-15)11(19)8-18-13(21)16-12(20)14(18,2)3/h9-10H,4-8,15H2,1-3H3,(H,16,20,21). The number of likely N-dealkylation sites (tertiary alicyclic amines) is 1. The summed E-state index contributed by atoms with van der Waals surface area (Å²) in [7, 11) is 0. The Morgan fingerprint density at radius 2 is 2.10 bits per heavy atom. The molecule has 21 heavy (non-hydrogen) atoms. The minimum Gasteiger partial charge on any atom is -0.337 e. The highest BCUT2D eigenvalue weighted by Gasteiger charge is 2.47. The smallest absolute Gasteiger partial charge is 0.325 e. The summed E-state index contributed by atoms with van der Waals surface area (Å²) in [6.45, 7) is 6.42. The van der Waals surface area contributed by atoms with Crippen molar-refractivity contribution in [2.24, 2.45) is 11.7 Å². The van der Waals surface area contributed by atoms with Gasteiger partial charge >= 0.3 is 6.03 Å². The van der Waals surface area contributed by atoms with Crippen LogP contribution in [0.25, 0.3) is 0 Å². The first-order valence-corrected chi connectivity index (χ1v) is 7.40. The Kier molecular flexibility index (Phi) is 4.22. The first kappa shape index (κ1) is 15.8. The van der Waals surface area contributed by atoms with E-state index in [1.54, 1.807) is 18.7 Å². The fourth-order valence-corrected chi connectivity index (χ4v) is 2.99. The summed E-state index contributed by atoms with van der Waals surface area (Å²) in [6.07, 6.45) is 1.83. The molecule has 2 rings (SSSR count). The molecule has 0 bridgehead atoms. The quantitative estimate of drug-likeness (QED) is 0.711. The van der Waals surface area contributed by atoms with Crippen LogP contribution in [0.4, 0.5) is 4.79 Å². The predicted octanol–water partition coefficient (Wildman–Crippen LogP) is -0.0974. The SMILES string of the molecule is CC1CCN(C(=O)CN2C(=O)NC(=O)C2(C)C)C(CN)C1. The minimum absolute atomic E-state index is 0.0192. The van der Waals surface area contributed by atoms with Crippen LogP contribution in [0.15, 0.2) is 0 Å². The van der Waals surface area contributed by atoms with E-state index in [-0.39, 0.29) is 24.4 Å². The Morgan fingerprint density at radius 1 is 1.43 bits per heavy atom. The summed E-state index contributed by atoms with van der Waals surface area (Å²) in [5, 5.41) is 2.25. The molecule has 2 aliphatic rings. The molecule has 3 N–H and O–H groups in total. The lowest BCUT2D eigenvalue weighted by Crippen LogP contribution is -2.55. The van der Waals surface area contributed by atoms with Gasteiger partial charge in [0.25, 0.3) is 5.91 Å². The summed E-state index contributed by atoms with van der Waals surface area (Å²) in [5.74, 6) is 0.0360. The van der Waals surface area contributed by atoms with Crippen LogP contribution in [0.2, 0.25) is 0 Å². The number of imide groups is 1. The number of carbonyl (C=O) groups is 3. The first-order valence-electron chi connectivity index (χ1n) is 7.40. The number of nitrogens with two attached hydrogens (primary N) is 1. The third kappa shape index (κ3) is 2.88. The molecule has 2 atom stereocenters. The molecule has 0 saturated carbocycles. The van der Waals surface area contributed by atoms with Gasteiger partial charge in [0.1, 0.15) is 12.1 Å². The highest BCUT2D eigenvalue weighted by Crippen LogP contribution is 2.24. The second kappa shape index (κ2) is 5.63. The van der Waals surface area contributed by atoms with Crippen molar-refractivity contribution in [3.05, 3.63) is 0 Å². The maximum absolute atomic E-state index is 12.5. The van der Waals surface area contributed by atoms with Crippen molar-refractivity contribution in [3.8, 4) is 0 Å². The molecule has 2 heterocycles. The van der Waals surface area contributed by atoms with Crippen molar-refractivity contribution >= 4 is 17.8 Å². The first-order chi connectivity index (χ1) is 9.77. The highest BCUT2D eigenvalue weighted by atomic mass is 16.2. The molecule has 0 spiro atoms. The second-order valence-electron chi connectivity index (χ2n) is 6.51. The summed E-state index contributed by atoms with van der Waals surface area (Å²) in [5.41, 5.74) is 4.77. The van der Waals surface area contributed by atoms with E-state index in [4.69, 9.17) is 5.73 Å². The molecule has 2 saturated heterocycles. The normalized spacial score (nSPS) is 28.8. The van der Waals surface area contributed by atoms with Gasteiger partial charge in [-0.05, 0) is 32.6 Å². The van der Waals surface area contributed by atoms with Crippen LogP contribution < -0.4 is 11.1 Å². The van der Waals surface area contributed by atoms with E-state index in [2.05, 4.69) is 12.2 Å². The van der Waals surface area contributed by atoms with Crippen molar-refractivity contribution in [1.82, 2.24) is 15.1 Å². The lowest BCUT2D eigenvalue weighted by molar-refractivity contribution is -0.137. The average molecular weight is 296 g/mol. The zero-order valence-corrected chi connectivity index (χ0v) is 12.9. The molecule has 118 valence electrons. The van der Waals surface area contributed by atoms with Crippen LogP contribution >= 0.6 is 0 Å². The second-order valence-corrected chi connectivity index (χ2v) is 6.51. The lowest BCUT2D eigenvalue weighted by Gasteiger charge is -2.39. The summed E-state index contributed by atoms with van der Waals surface area (Å²) < 4.78 is 0. The topological polar surface area (TPSA) is 95.7 Å². The number of amides is 4. The number of nitrogens with one attached hydrogen (secondary N) is 1. The zero-order chi connectivity index (χ0) is 15.8. The van der Waals surface area contributed by atoms with E-state index in [1.165, 1.54) is 4.90 Å². The van der Waals surface area contributed by atoms with Crippen LogP contribution in [0.1, 0.15) is 33.6 Å². The average Bonchev–Trinajstić information content (AvgIpc) is 2.61. The summed E-state index contributed by atoms with van der Waals surface area (Å²) in [4.78, 5) is 39.1. The zero-order valence-electron chi connectivity index (χ0n) is 12.9. The lowest BCUT2D eigenvalue weighted by atomic mass is 9.92. The number of carbonyl (C=O) groups excluding carboxylic acids is 3. The fraction of sp³-hybridized carbons (Fsp3) is 0.786.